The second kappa shape index (κ2) is 8.02. The van der Waals surface area contributed by atoms with Crippen molar-refractivity contribution in [2.75, 3.05) is 0 Å². The Bertz CT molecular complexity index is 1210. The molecule has 0 radical (unpaired) electrons. The summed E-state index contributed by atoms with van der Waals surface area (Å²) < 4.78 is 20.8. The number of esters is 1. The lowest BCUT2D eigenvalue weighted by Gasteiger charge is -2.08. The number of carbonyl (C=O) groups is 2. The largest absolute Gasteiger partial charge is 0.415 e. The minimum atomic E-state index is -0.735. The number of benzene rings is 3. The van der Waals surface area contributed by atoms with Crippen LogP contribution in [0, 0.1) is 5.82 Å². The van der Waals surface area contributed by atoms with Crippen molar-refractivity contribution < 1.29 is 23.3 Å². The SMILES string of the molecule is O=C(C[n+]1c(C(=O)Oc2ccccc2F)ccc2ccccc21)c1ccccc1. The summed E-state index contributed by atoms with van der Waals surface area (Å²) in [6, 6.07) is 25.3. The second-order valence-corrected chi connectivity index (χ2v) is 6.47. The average Bonchev–Trinajstić information content (AvgIpc) is 2.76. The lowest BCUT2D eigenvalue weighted by Crippen LogP contribution is -2.45. The smallest absolute Gasteiger partial charge is 0.409 e. The van der Waals surface area contributed by atoms with Gasteiger partial charge in [-0.15, -0.1) is 0 Å². The molecule has 4 aromatic rings. The van der Waals surface area contributed by atoms with Crippen LogP contribution in [0.2, 0.25) is 0 Å². The minimum absolute atomic E-state index is 0.0485. The van der Waals surface area contributed by atoms with E-state index in [0.29, 0.717) is 11.1 Å². The monoisotopic (exact) mass is 386 g/mol. The molecule has 0 bridgehead atoms. The number of fused-ring (bicyclic) bond motifs is 1. The Kier molecular flexibility index (Phi) is 5.12. The van der Waals surface area contributed by atoms with Gasteiger partial charge < -0.3 is 4.74 Å². The number of rotatable bonds is 5. The zero-order valence-corrected chi connectivity index (χ0v) is 15.4. The highest BCUT2D eigenvalue weighted by Crippen LogP contribution is 2.18. The van der Waals surface area contributed by atoms with Gasteiger partial charge >= 0.3 is 5.97 Å². The van der Waals surface area contributed by atoms with Crippen molar-refractivity contribution in [1.82, 2.24) is 0 Å². The molecule has 0 saturated heterocycles. The van der Waals surface area contributed by atoms with Gasteiger partial charge in [-0.1, -0.05) is 54.6 Å². The van der Waals surface area contributed by atoms with E-state index in [2.05, 4.69) is 0 Å². The molecular formula is C24H17FNO3+. The molecule has 0 aliphatic rings. The summed E-state index contributed by atoms with van der Waals surface area (Å²) >= 11 is 0. The molecule has 0 aliphatic carbocycles. The fraction of sp³-hybridized carbons (Fsp3) is 0.0417. The summed E-state index contributed by atoms with van der Waals surface area (Å²) in [7, 11) is 0. The number of Topliss-reactive ketones (excluding diaryl/α,β-unsaturated/α-hetero) is 1. The van der Waals surface area contributed by atoms with Gasteiger partial charge in [0.05, 0.1) is 0 Å². The van der Waals surface area contributed by atoms with E-state index in [4.69, 9.17) is 4.74 Å². The summed E-state index contributed by atoms with van der Waals surface area (Å²) in [6.07, 6.45) is 0. The van der Waals surface area contributed by atoms with E-state index in [9.17, 15) is 14.0 Å². The van der Waals surface area contributed by atoms with E-state index < -0.39 is 11.8 Å². The Morgan fingerprint density at radius 1 is 0.793 bits per heavy atom. The quantitative estimate of drug-likeness (QED) is 0.221. The Morgan fingerprint density at radius 3 is 2.28 bits per heavy atom. The molecule has 4 nitrogen and oxygen atoms in total. The van der Waals surface area contributed by atoms with Crippen molar-refractivity contribution in [3.05, 3.63) is 108 Å². The van der Waals surface area contributed by atoms with Crippen molar-refractivity contribution in [3.63, 3.8) is 0 Å². The van der Waals surface area contributed by atoms with Crippen LogP contribution >= 0.6 is 0 Å². The third-order valence-electron chi connectivity index (χ3n) is 4.59. The number of aromatic nitrogens is 1. The first-order valence-electron chi connectivity index (χ1n) is 9.10. The number of hydrogen-bond acceptors (Lipinski definition) is 3. The van der Waals surface area contributed by atoms with Crippen LogP contribution in [0.15, 0.2) is 91.0 Å². The van der Waals surface area contributed by atoms with Crippen molar-refractivity contribution >= 4 is 22.7 Å². The lowest BCUT2D eigenvalue weighted by molar-refractivity contribution is -0.659. The summed E-state index contributed by atoms with van der Waals surface area (Å²) in [6.45, 7) is -0.0485. The van der Waals surface area contributed by atoms with Crippen molar-refractivity contribution in [2.24, 2.45) is 0 Å². The number of nitrogens with zero attached hydrogens (tertiary/aromatic N) is 1. The van der Waals surface area contributed by atoms with E-state index in [1.807, 2.05) is 30.3 Å². The zero-order chi connectivity index (χ0) is 20.2. The number of ether oxygens (including phenoxy) is 1. The molecule has 1 aromatic heterocycles. The van der Waals surface area contributed by atoms with Crippen LogP contribution < -0.4 is 9.30 Å². The maximum absolute atomic E-state index is 13.9. The van der Waals surface area contributed by atoms with Gasteiger partial charge in [-0.25, -0.2) is 9.18 Å². The van der Waals surface area contributed by atoms with Gasteiger partial charge in [0.2, 0.25) is 17.8 Å². The highest BCUT2D eigenvalue weighted by molar-refractivity contribution is 5.96. The topological polar surface area (TPSA) is 47.2 Å². The van der Waals surface area contributed by atoms with Gasteiger partial charge in [0, 0.05) is 23.1 Å². The molecule has 0 fully saturated rings. The summed E-state index contributed by atoms with van der Waals surface area (Å²) in [4.78, 5) is 25.6. The molecule has 29 heavy (non-hydrogen) atoms. The van der Waals surface area contributed by atoms with Crippen LogP contribution in [0.1, 0.15) is 20.8 Å². The van der Waals surface area contributed by atoms with Gasteiger partial charge in [0.25, 0.3) is 5.69 Å². The third kappa shape index (κ3) is 3.89. The molecule has 0 spiro atoms. The molecule has 4 rings (SSSR count). The van der Waals surface area contributed by atoms with E-state index in [1.54, 1.807) is 47.0 Å². The molecule has 0 aliphatic heterocycles. The van der Waals surface area contributed by atoms with Crippen LogP contribution in [0.5, 0.6) is 5.75 Å². The maximum atomic E-state index is 13.9. The van der Waals surface area contributed by atoms with Gasteiger partial charge in [0.15, 0.2) is 11.6 Å². The zero-order valence-electron chi connectivity index (χ0n) is 15.4. The molecule has 0 N–H and O–H groups in total. The van der Waals surface area contributed by atoms with Crippen LogP contribution in [0.4, 0.5) is 4.39 Å². The number of carbonyl (C=O) groups excluding carboxylic acids is 2. The molecule has 1 heterocycles. The standard InChI is InChI=1S/C24H17FNO3/c25-19-11-5-7-13-23(19)29-24(28)21-15-14-17-8-4-6-12-20(17)26(21)16-22(27)18-9-2-1-3-10-18/h1-15H,16H2/q+1. The average molecular weight is 386 g/mol. The normalized spacial score (nSPS) is 10.7. The van der Waals surface area contributed by atoms with E-state index in [0.717, 1.165) is 5.39 Å². The molecular weight excluding hydrogens is 369 g/mol. The first kappa shape index (κ1) is 18.5. The summed E-state index contributed by atoms with van der Waals surface area (Å²) in [5.74, 6) is -1.67. The Labute approximate surface area is 166 Å². The molecule has 142 valence electrons. The van der Waals surface area contributed by atoms with Gasteiger partial charge in [-0.05, 0) is 24.3 Å². The van der Waals surface area contributed by atoms with E-state index in [1.165, 1.54) is 18.2 Å². The molecule has 0 amide bonds. The molecule has 0 atom stereocenters. The summed E-state index contributed by atoms with van der Waals surface area (Å²) in [5, 5.41) is 0.871. The highest BCUT2D eigenvalue weighted by Gasteiger charge is 2.27. The number of halogens is 1. The lowest BCUT2D eigenvalue weighted by atomic mass is 10.1. The number of para-hydroxylation sites is 2. The number of pyridine rings is 1. The Morgan fingerprint density at radius 2 is 1.48 bits per heavy atom. The van der Waals surface area contributed by atoms with Gasteiger partial charge in [-0.2, -0.15) is 4.57 Å². The van der Waals surface area contributed by atoms with Crippen LogP contribution in [0.3, 0.4) is 0 Å². The van der Waals surface area contributed by atoms with Gasteiger partial charge in [-0.3, -0.25) is 4.79 Å². The van der Waals surface area contributed by atoms with Crippen molar-refractivity contribution in [3.8, 4) is 5.75 Å². The van der Waals surface area contributed by atoms with Crippen LogP contribution in [0.25, 0.3) is 10.9 Å². The van der Waals surface area contributed by atoms with E-state index >= 15 is 0 Å². The summed E-state index contributed by atoms with van der Waals surface area (Å²) in [5.41, 5.74) is 1.41. The van der Waals surface area contributed by atoms with Crippen LogP contribution in [-0.4, -0.2) is 11.8 Å². The molecule has 3 aromatic carbocycles. The third-order valence-corrected chi connectivity index (χ3v) is 4.59. The predicted octanol–water partition coefficient (Wildman–Crippen LogP) is 4.37. The second-order valence-electron chi connectivity index (χ2n) is 6.47. The first-order valence-corrected chi connectivity index (χ1v) is 9.10. The van der Waals surface area contributed by atoms with Crippen LogP contribution in [-0.2, 0) is 6.54 Å². The maximum Gasteiger partial charge on any atom is 0.409 e. The number of ketones is 1. The molecule has 5 heteroatoms. The molecule has 0 unspecified atom stereocenters. The van der Waals surface area contributed by atoms with Gasteiger partial charge in [0.1, 0.15) is 0 Å². The fourth-order valence-electron chi connectivity index (χ4n) is 3.15. The Balaban J connectivity index is 1.75. The minimum Gasteiger partial charge on any atom is -0.415 e. The highest BCUT2D eigenvalue weighted by atomic mass is 19.1. The van der Waals surface area contributed by atoms with E-state index in [-0.39, 0.29) is 23.8 Å². The molecule has 0 saturated carbocycles. The first-order chi connectivity index (χ1) is 14.1. The fourth-order valence-corrected chi connectivity index (χ4v) is 3.15. The predicted molar refractivity (Wildman–Crippen MR) is 106 cm³/mol. The number of hydrogen-bond donors (Lipinski definition) is 0. The Hall–Kier alpha value is -3.86. The van der Waals surface area contributed by atoms with Crippen molar-refractivity contribution in [2.45, 2.75) is 6.54 Å². The van der Waals surface area contributed by atoms with Crippen molar-refractivity contribution in [1.29, 1.82) is 0 Å².